The molecule has 0 aliphatic carbocycles. The average Bonchev–Trinajstić information content (AvgIpc) is 3.89. The first kappa shape index (κ1) is 68.3. The topological polar surface area (TPSA) is 265 Å². The first-order valence-electron chi connectivity index (χ1n) is 26.4. The molecule has 21 nitrogen and oxygen atoms in total. The minimum absolute atomic E-state index is 0. The number of aliphatic hydroxyl groups excluding tert-OH is 9. The van der Waals surface area contributed by atoms with Crippen LogP contribution in [0.25, 0.3) is 0 Å². The average molecular weight is 1130 g/mol. The van der Waals surface area contributed by atoms with Crippen LogP contribution in [-0.2, 0) is 42.6 Å². The molecule has 0 radical (unpaired) electrons. The summed E-state index contributed by atoms with van der Waals surface area (Å²) in [7, 11) is 15.0. The summed E-state index contributed by atoms with van der Waals surface area (Å²) in [5.74, 6) is -0.239. The van der Waals surface area contributed by atoms with E-state index in [1.807, 2.05) is 0 Å². The molecule has 24 heteroatoms. The molecule has 0 aromatic carbocycles. The van der Waals surface area contributed by atoms with Crippen molar-refractivity contribution in [3.8, 4) is 0 Å². The van der Waals surface area contributed by atoms with Crippen molar-refractivity contribution >= 4 is 0 Å². The van der Waals surface area contributed by atoms with Gasteiger partial charge in [0.1, 0.15) is 54.9 Å². The molecule has 0 bridgehead atoms. The van der Waals surface area contributed by atoms with Gasteiger partial charge in [-0.15, -0.1) is 0 Å². The Morgan fingerprint density at radius 1 is 0.500 bits per heavy atom. The van der Waals surface area contributed by atoms with E-state index in [1.54, 1.807) is 6.92 Å². The van der Waals surface area contributed by atoms with Gasteiger partial charge in [-0.05, 0) is 25.7 Å². The molecule has 6 heterocycles. The lowest BCUT2D eigenvalue weighted by molar-refractivity contribution is -0.881. The van der Waals surface area contributed by atoms with E-state index in [9.17, 15) is 46.0 Å². The largest absolute Gasteiger partial charge is 1.00 e. The number of methoxy groups -OCH3 is 1. The molecule has 0 saturated carbocycles. The maximum absolute atomic E-state index is 12.7. The number of nitrogens with zero attached hydrogens (tertiary/aromatic N) is 3. The van der Waals surface area contributed by atoms with Gasteiger partial charge in [-0.2, -0.15) is 0 Å². The molecule has 0 spiro atoms. The minimum atomic E-state index is -2.14. The van der Waals surface area contributed by atoms with Crippen LogP contribution < -0.4 is 37.2 Å². The molecule has 0 aromatic heterocycles. The predicted molar refractivity (Wildman–Crippen MR) is 256 cm³/mol. The molecule has 21 atom stereocenters. The fourth-order valence-electron chi connectivity index (χ4n) is 13.5. The third-order valence-corrected chi connectivity index (χ3v) is 16.9. The zero-order chi connectivity index (χ0) is 52.1. The van der Waals surface area contributed by atoms with E-state index < -0.39 is 91.4 Å². The Bertz CT molecular complexity index is 1620. The van der Waals surface area contributed by atoms with Crippen molar-refractivity contribution in [2.75, 3.05) is 148 Å². The molecule has 440 valence electrons. The van der Waals surface area contributed by atoms with Gasteiger partial charge in [-0.1, -0.05) is 13.8 Å². The van der Waals surface area contributed by atoms with Crippen molar-refractivity contribution in [3.63, 3.8) is 0 Å². The third-order valence-electron chi connectivity index (χ3n) is 16.9. The second kappa shape index (κ2) is 29.7. The standard InChI is InChI=1S/C50H96N3O18.3ClH/c1-30-21-51(3,4)22-32(30)10-11-33-23-52(5,6)24-34(33)12-13-35-25-53(7,8)26-36(35)20-50(71-46-38(28-65-18-15-55)68-48(63-9)43(60)41(46)58)47(62)44(61)45(39(70-50)29-66-19-16-56)69-49-42(59)40(57)31(2)37(67-49)27-64-17-14-54;;;/h30-49,54-62H,10-29H2,1-9H3;3*1H/q+3;;;/p-3. The Balaban J connectivity index is 0.00000481. The second-order valence-corrected chi connectivity index (χ2v) is 24.2. The van der Waals surface area contributed by atoms with Gasteiger partial charge in [-0.3, -0.25) is 0 Å². The second-order valence-electron chi connectivity index (χ2n) is 24.2. The molecule has 74 heavy (non-hydrogen) atoms. The van der Waals surface area contributed by atoms with Crippen LogP contribution in [-0.4, -0.2) is 293 Å². The number of hydrogen-bond acceptors (Lipinski definition) is 18. The molecular formula is C50H96Cl3N3O18. The number of quaternary nitrogens is 3. The smallest absolute Gasteiger partial charge is 0.198 e. The Labute approximate surface area is 458 Å². The van der Waals surface area contributed by atoms with Crippen molar-refractivity contribution in [2.24, 2.45) is 41.4 Å². The molecule has 9 N–H and O–H groups in total. The number of halogens is 3. The highest BCUT2D eigenvalue weighted by atomic mass is 35.5. The number of rotatable bonds is 25. The van der Waals surface area contributed by atoms with Gasteiger partial charge >= 0.3 is 0 Å². The molecule has 6 fully saturated rings. The number of hydrogen-bond donors (Lipinski definition) is 9. The highest BCUT2D eigenvalue weighted by Crippen LogP contribution is 2.47. The van der Waals surface area contributed by atoms with Crippen LogP contribution in [0.15, 0.2) is 0 Å². The third kappa shape index (κ3) is 17.0. The van der Waals surface area contributed by atoms with Crippen molar-refractivity contribution in [1.29, 1.82) is 0 Å². The summed E-state index contributed by atoms with van der Waals surface area (Å²) in [4.78, 5) is 0. The zero-order valence-electron chi connectivity index (χ0n) is 45.4. The van der Waals surface area contributed by atoms with Crippen LogP contribution in [0.5, 0.6) is 0 Å². The fraction of sp³-hybridized carbons (Fsp3) is 1.00. The van der Waals surface area contributed by atoms with Gasteiger partial charge in [0, 0.05) is 55.0 Å². The maximum atomic E-state index is 12.7. The van der Waals surface area contributed by atoms with Gasteiger partial charge in [-0.25, -0.2) is 0 Å². The lowest BCUT2D eigenvalue weighted by Crippen LogP contribution is -3.00. The van der Waals surface area contributed by atoms with Crippen LogP contribution in [0, 0.1) is 41.4 Å². The number of ether oxygens (including phenoxy) is 9. The minimum Gasteiger partial charge on any atom is -1.00 e. The highest BCUT2D eigenvalue weighted by molar-refractivity contribution is 5.03. The summed E-state index contributed by atoms with van der Waals surface area (Å²) in [6, 6.07) is 0. The molecule has 6 aliphatic rings. The van der Waals surface area contributed by atoms with Crippen LogP contribution in [0.2, 0.25) is 0 Å². The SMILES string of the molecule is COC1OC(COCCO)C(OC2(CC3C[N+](C)(C)CC3CCC3C[N+](C)(C)CC3CCC3C[N+](C)(C)CC3C)OC(COCCO)C(OC3OC(COCCO)C(C)C(O)C3O)C(O)C2O)C(O)C1O.[Cl-].[Cl-].[Cl-]. The molecular weight excluding hydrogens is 1040 g/mol. The van der Waals surface area contributed by atoms with E-state index in [-0.39, 0.29) is 115 Å². The lowest BCUT2D eigenvalue weighted by Gasteiger charge is -2.54. The molecule has 6 rings (SSSR count). The number of likely N-dealkylation sites (tertiary alicyclic amines) is 3. The quantitative estimate of drug-likeness (QED) is 0.0304. The molecule has 0 amide bonds. The summed E-state index contributed by atoms with van der Waals surface area (Å²) in [6.07, 6.45) is -14.6. The van der Waals surface area contributed by atoms with Crippen LogP contribution in [0.1, 0.15) is 46.0 Å². The Kier molecular flexibility index (Phi) is 27.4. The van der Waals surface area contributed by atoms with E-state index in [2.05, 4.69) is 49.2 Å². The van der Waals surface area contributed by atoms with Gasteiger partial charge in [0.25, 0.3) is 0 Å². The van der Waals surface area contributed by atoms with Crippen molar-refractivity contribution < 1.29 is 139 Å². The molecule has 6 aliphatic heterocycles. The van der Waals surface area contributed by atoms with E-state index in [4.69, 9.17) is 42.6 Å². The summed E-state index contributed by atoms with van der Waals surface area (Å²) in [5.41, 5.74) is 0. The predicted octanol–water partition coefficient (Wildman–Crippen LogP) is -11.3. The van der Waals surface area contributed by atoms with Gasteiger partial charge in [0.05, 0.1) is 153 Å². The van der Waals surface area contributed by atoms with Gasteiger partial charge in [0.2, 0.25) is 0 Å². The van der Waals surface area contributed by atoms with Crippen LogP contribution >= 0.6 is 0 Å². The van der Waals surface area contributed by atoms with Crippen molar-refractivity contribution in [2.45, 2.75) is 131 Å². The van der Waals surface area contributed by atoms with Crippen LogP contribution in [0.3, 0.4) is 0 Å². The zero-order valence-corrected chi connectivity index (χ0v) is 47.6. The van der Waals surface area contributed by atoms with E-state index in [0.717, 1.165) is 47.4 Å². The summed E-state index contributed by atoms with van der Waals surface area (Å²) in [5, 5.41) is 99.5. The highest BCUT2D eigenvalue weighted by Gasteiger charge is 2.62. The maximum Gasteiger partial charge on any atom is 0.198 e. The van der Waals surface area contributed by atoms with Crippen LogP contribution in [0.4, 0.5) is 0 Å². The fourth-order valence-corrected chi connectivity index (χ4v) is 13.5. The van der Waals surface area contributed by atoms with Crippen molar-refractivity contribution in [1.82, 2.24) is 0 Å². The Hall–Kier alpha value is 0.0300. The normalized spacial score (nSPS) is 42.6. The summed E-state index contributed by atoms with van der Waals surface area (Å²) < 4.78 is 57.6. The first-order chi connectivity index (χ1) is 33.5. The Morgan fingerprint density at radius 3 is 1.43 bits per heavy atom. The van der Waals surface area contributed by atoms with E-state index in [0.29, 0.717) is 28.8 Å². The summed E-state index contributed by atoms with van der Waals surface area (Å²) in [6.45, 7) is 8.59. The first-order valence-corrected chi connectivity index (χ1v) is 26.4. The van der Waals surface area contributed by atoms with Crippen molar-refractivity contribution in [3.05, 3.63) is 0 Å². The van der Waals surface area contributed by atoms with Gasteiger partial charge in [0.15, 0.2) is 18.4 Å². The molecule has 0 aromatic rings. The monoisotopic (exact) mass is 1130 g/mol. The van der Waals surface area contributed by atoms with E-state index in [1.165, 1.54) is 33.0 Å². The van der Waals surface area contributed by atoms with Gasteiger partial charge < -0.3 is 139 Å². The van der Waals surface area contributed by atoms with E-state index >= 15 is 0 Å². The molecule has 21 unspecified atom stereocenters. The summed E-state index contributed by atoms with van der Waals surface area (Å²) >= 11 is 0. The molecule has 6 saturated heterocycles. The lowest BCUT2D eigenvalue weighted by atomic mass is 9.78. The Morgan fingerprint density at radius 2 is 0.932 bits per heavy atom. The number of aliphatic hydroxyl groups is 9.